The summed E-state index contributed by atoms with van der Waals surface area (Å²) in [7, 11) is 0. The predicted octanol–water partition coefficient (Wildman–Crippen LogP) is 6.18. The van der Waals surface area contributed by atoms with Gasteiger partial charge in [0.15, 0.2) is 0 Å². The number of halogens is 6. The first-order valence-electron chi connectivity index (χ1n) is 12.2. The molecule has 0 unspecified atom stereocenters. The average Bonchev–Trinajstić information content (AvgIpc) is 2.92. The SMILES string of the molecule is Nc1ccc(O)c(NC(=O)c2ccc(C(c3ccc(C(=O)Nc4cc(N)ccc4O)cc3)(C(F)(F)F)C(F)(F)F)cc2)c1. The van der Waals surface area contributed by atoms with E-state index in [2.05, 4.69) is 10.6 Å². The normalized spacial score (nSPS) is 12.0. The summed E-state index contributed by atoms with van der Waals surface area (Å²) in [6, 6.07) is 12.7. The van der Waals surface area contributed by atoms with Crippen LogP contribution in [0.5, 0.6) is 11.5 Å². The van der Waals surface area contributed by atoms with Crippen LogP contribution in [0.4, 0.5) is 49.1 Å². The number of phenols is 2. The van der Waals surface area contributed by atoms with Gasteiger partial charge in [-0.15, -0.1) is 0 Å². The summed E-state index contributed by atoms with van der Waals surface area (Å²) in [6.45, 7) is 0. The molecule has 4 aromatic rings. The van der Waals surface area contributed by atoms with Crippen molar-refractivity contribution < 1.29 is 46.1 Å². The first kappa shape index (κ1) is 30.6. The number of aromatic hydroxyl groups is 2. The Hall–Kier alpha value is -5.40. The third kappa shape index (κ3) is 5.84. The lowest BCUT2D eigenvalue weighted by Crippen LogP contribution is -2.54. The van der Waals surface area contributed by atoms with Crippen LogP contribution in [0, 0.1) is 0 Å². The predicted molar refractivity (Wildman–Crippen MR) is 147 cm³/mol. The number of carbonyl (C=O) groups is 2. The zero-order valence-electron chi connectivity index (χ0n) is 21.7. The van der Waals surface area contributed by atoms with E-state index in [4.69, 9.17) is 11.5 Å². The van der Waals surface area contributed by atoms with Gasteiger partial charge in [0, 0.05) is 22.5 Å². The van der Waals surface area contributed by atoms with Gasteiger partial charge in [-0.3, -0.25) is 9.59 Å². The van der Waals surface area contributed by atoms with Crippen molar-refractivity contribution in [2.75, 3.05) is 22.1 Å². The van der Waals surface area contributed by atoms with Gasteiger partial charge in [0.1, 0.15) is 11.5 Å². The van der Waals surface area contributed by atoms with Crippen LogP contribution in [0.1, 0.15) is 31.8 Å². The Morgan fingerprint density at radius 3 is 1.19 bits per heavy atom. The van der Waals surface area contributed by atoms with E-state index >= 15 is 0 Å². The topological polar surface area (TPSA) is 151 Å². The first-order chi connectivity index (χ1) is 20.0. The van der Waals surface area contributed by atoms with Crippen molar-refractivity contribution in [2.45, 2.75) is 17.8 Å². The van der Waals surface area contributed by atoms with Gasteiger partial charge in [0.2, 0.25) is 5.41 Å². The van der Waals surface area contributed by atoms with Crippen molar-refractivity contribution in [2.24, 2.45) is 0 Å². The Morgan fingerprint density at radius 2 is 0.884 bits per heavy atom. The van der Waals surface area contributed by atoms with E-state index < -0.39 is 40.7 Å². The molecular formula is C29H22F6N4O4. The van der Waals surface area contributed by atoms with Gasteiger partial charge < -0.3 is 32.3 Å². The molecule has 0 saturated carbocycles. The smallest absolute Gasteiger partial charge is 0.411 e. The number of carbonyl (C=O) groups excluding carboxylic acids is 2. The minimum absolute atomic E-state index is 0.121. The number of anilines is 4. The fourth-order valence-corrected chi connectivity index (χ4v) is 4.42. The zero-order chi connectivity index (χ0) is 31.7. The number of benzene rings is 4. The van der Waals surface area contributed by atoms with Crippen LogP contribution in [0.25, 0.3) is 0 Å². The molecular weight excluding hydrogens is 582 g/mol. The average molecular weight is 605 g/mol. The molecule has 0 saturated heterocycles. The van der Waals surface area contributed by atoms with E-state index in [1.54, 1.807) is 0 Å². The maximum atomic E-state index is 14.5. The van der Waals surface area contributed by atoms with E-state index in [0.29, 0.717) is 24.3 Å². The highest BCUT2D eigenvalue weighted by molar-refractivity contribution is 6.06. The van der Waals surface area contributed by atoms with Crippen LogP contribution in [-0.4, -0.2) is 34.4 Å². The van der Waals surface area contributed by atoms with Gasteiger partial charge in [0.25, 0.3) is 11.8 Å². The molecule has 4 rings (SSSR count). The maximum absolute atomic E-state index is 14.5. The van der Waals surface area contributed by atoms with Crippen LogP contribution in [0.2, 0.25) is 0 Å². The van der Waals surface area contributed by atoms with Gasteiger partial charge in [-0.2, -0.15) is 26.3 Å². The fourth-order valence-electron chi connectivity index (χ4n) is 4.42. The molecule has 0 heterocycles. The van der Waals surface area contributed by atoms with Crippen molar-refractivity contribution >= 4 is 34.6 Å². The third-order valence-corrected chi connectivity index (χ3v) is 6.55. The lowest BCUT2D eigenvalue weighted by Gasteiger charge is -2.38. The molecule has 8 nitrogen and oxygen atoms in total. The van der Waals surface area contributed by atoms with E-state index in [9.17, 15) is 46.1 Å². The fraction of sp³-hybridized carbons (Fsp3) is 0.103. The molecule has 8 N–H and O–H groups in total. The Balaban J connectivity index is 1.70. The van der Waals surface area contributed by atoms with Crippen LogP contribution in [0.15, 0.2) is 84.9 Å². The second-order valence-electron chi connectivity index (χ2n) is 9.36. The largest absolute Gasteiger partial charge is 0.506 e. The van der Waals surface area contributed by atoms with E-state index in [1.165, 1.54) is 36.4 Å². The van der Waals surface area contributed by atoms with Crippen molar-refractivity contribution in [1.82, 2.24) is 0 Å². The van der Waals surface area contributed by atoms with Gasteiger partial charge in [0.05, 0.1) is 11.4 Å². The number of phenolic OH excluding ortho intramolecular Hbond substituents is 2. The Bertz CT molecular complexity index is 1550. The van der Waals surface area contributed by atoms with Crippen LogP contribution < -0.4 is 22.1 Å². The molecule has 0 atom stereocenters. The molecule has 0 aromatic heterocycles. The number of hydrogen-bond acceptors (Lipinski definition) is 6. The van der Waals surface area contributed by atoms with Crippen molar-refractivity contribution in [3.05, 3.63) is 107 Å². The maximum Gasteiger partial charge on any atom is 0.411 e. The summed E-state index contributed by atoms with van der Waals surface area (Å²) < 4.78 is 87.3. The first-order valence-corrected chi connectivity index (χ1v) is 12.2. The number of alkyl halides is 6. The highest BCUT2D eigenvalue weighted by Gasteiger charge is 2.72. The lowest BCUT2D eigenvalue weighted by molar-refractivity contribution is -0.288. The van der Waals surface area contributed by atoms with E-state index in [-0.39, 0.29) is 45.4 Å². The lowest BCUT2D eigenvalue weighted by atomic mass is 9.72. The molecule has 43 heavy (non-hydrogen) atoms. The Morgan fingerprint density at radius 1 is 0.558 bits per heavy atom. The molecule has 0 bridgehead atoms. The summed E-state index contributed by atoms with van der Waals surface area (Å²) >= 11 is 0. The molecule has 0 spiro atoms. The van der Waals surface area contributed by atoms with Gasteiger partial charge in [-0.05, 0) is 71.8 Å². The highest BCUT2D eigenvalue weighted by Crippen LogP contribution is 2.56. The minimum atomic E-state index is -5.92. The van der Waals surface area contributed by atoms with Gasteiger partial charge >= 0.3 is 12.4 Å². The number of amides is 2. The van der Waals surface area contributed by atoms with Crippen LogP contribution >= 0.6 is 0 Å². The highest BCUT2D eigenvalue weighted by atomic mass is 19.4. The summed E-state index contributed by atoms with van der Waals surface area (Å²) in [5.74, 6) is -2.60. The standard InChI is InChI=1S/C29H22F6N4O4/c30-28(31,32)27(29(33,34)35,17-5-1-15(2-6-17)25(42)38-21-13-19(36)9-11-23(21)40)18-7-3-16(4-8-18)26(43)39-22-14-20(37)10-12-24(22)41/h1-14,40-41H,36-37H2,(H,38,42)(H,39,43). The van der Waals surface area contributed by atoms with Crippen molar-refractivity contribution in [1.29, 1.82) is 0 Å². The molecule has 14 heteroatoms. The number of nitrogen functional groups attached to an aromatic ring is 2. The van der Waals surface area contributed by atoms with E-state index in [1.807, 2.05) is 0 Å². The number of nitrogens with two attached hydrogens (primary N) is 2. The molecule has 0 radical (unpaired) electrons. The third-order valence-electron chi connectivity index (χ3n) is 6.55. The molecule has 2 amide bonds. The molecule has 0 aliphatic rings. The second-order valence-corrected chi connectivity index (χ2v) is 9.36. The Kier molecular flexibility index (Phi) is 7.90. The molecule has 0 aliphatic heterocycles. The zero-order valence-corrected chi connectivity index (χ0v) is 21.7. The molecule has 224 valence electrons. The van der Waals surface area contributed by atoms with Crippen molar-refractivity contribution in [3.63, 3.8) is 0 Å². The molecule has 0 fully saturated rings. The summed E-state index contributed by atoms with van der Waals surface area (Å²) in [4.78, 5) is 25.2. The monoisotopic (exact) mass is 604 g/mol. The Labute approximate surface area is 239 Å². The number of nitrogens with one attached hydrogen (secondary N) is 2. The second kappa shape index (κ2) is 11.1. The number of rotatable bonds is 6. The summed E-state index contributed by atoms with van der Waals surface area (Å²) in [5.41, 5.74) is 3.70. The number of hydrogen-bond donors (Lipinski definition) is 6. The van der Waals surface area contributed by atoms with Gasteiger partial charge in [-0.25, -0.2) is 0 Å². The molecule has 0 aliphatic carbocycles. The van der Waals surface area contributed by atoms with Gasteiger partial charge in [-0.1, -0.05) is 24.3 Å². The quantitative estimate of drug-likeness (QED) is 0.0670. The van der Waals surface area contributed by atoms with E-state index in [0.717, 1.165) is 24.3 Å². The van der Waals surface area contributed by atoms with Crippen molar-refractivity contribution in [3.8, 4) is 11.5 Å². The molecule has 4 aromatic carbocycles. The van der Waals surface area contributed by atoms with Crippen LogP contribution in [-0.2, 0) is 5.41 Å². The minimum Gasteiger partial charge on any atom is -0.506 e. The van der Waals surface area contributed by atoms with Crippen LogP contribution in [0.3, 0.4) is 0 Å². The summed E-state index contributed by atoms with van der Waals surface area (Å²) in [5, 5.41) is 24.3. The summed E-state index contributed by atoms with van der Waals surface area (Å²) in [6.07, 6.45) is -11.8.